The summed E-state index contributed by atoms with van der Waals surface area (Å²) in [4.78, 5) is 0. The molecule has 0 heterocycles. The molecule has 0 aromatic rings. The summed E-state index contributed by atoms with van der Waals surface area (Å²) in [7, 11) is 0. The molecule has 0 radical (unpaired) electrons. The highest BCUT2D eigenvalue weighted by molar-refractivity contribution is 4.46. The van der Waals surface area contributed by atoms with Crippen LogP contribution in [0.15, 0.2) is 0 Å². The summed E-state index contributed by atoms with van der Waals surface area (Å²) >= 11 is 0. The van der Waals surface area contributed by atoms with Gasteiger partial charge < -0.3 is 14.9 Å². The maximum Gasteiger partial charge on any atom is 0.162 e. The summed E-state index contributed by atoms with van der Waals surface area (Å²) in [6, 6.07) is 0. The summed E-state index contributed by atoms with van der Waals surface area (Å²) in [5, 5.41) is 17.3. The second-order valence-corrected chi connectivity index (χ2v) is 2.16. The highest BCUT2D eigenvalue weighted by atomic mass is 16.7. The van der Waals surface area contributed by atoms with Gasteiger partial charge in [0.2, 0.25) is 0 Å². The van der Waals surface area contributed by atoms with E-state index in [-0.39, 0.29) is 0 Å². The molecule has 0 bridgehead atoms. The Morgan fingerprint density at radius 2 is 1.88 bits per heavy atom. The van der Waals surface area contributed by atoms with Gasteiger partial charge >= 0.3 is 0 Å². The Bertz CT molecular complexity index is 62.6. The number of hydrogen-bond donors (Lipinski definition) is 2. The maximum absolute atomic E-state index is 8.81. The van der Waals surface area contributed by atoms with Crippen LogP contribution in [-0.4, -0.2) is 22.3 Å². The molecule has 0 rings (SSSR count). The number of aliphatic hydroxyl groups is 2. The van der Waals surface area contributed by atoms with Gasteiger partial charge in [-0.3, -0.25) is 0 Å². The van der Waals surface area contributed by atoms with Gasteiger partial charge in [0.25, 0.3) is 0 Å². The van der Waals surface area contributed by atoms with Gasteiger partial charge in [-0.25, -0.2) is 0 Å². The molecule has 0 aliphatic carbocycles. The third-order valence-electron chi connectivity index (χ3n) is 0.459. The lowest BCUT2D eigenvalue weighted by Gasteiger charge is -2.19. The third-order valence-corrected chi connectivity index (χ3v) is 0.459. The first-order valence-electron chi connectivity index (χ1n) is 2.50. The van der Waals surface area contributed by atoms with Crippen molar-refractivity contribution in [2.75, 3.05) is 0 Å². The summed E-state index contributed by atoms with van der Waals surface area (Å²) in [5.41, 5.74) is 0. The van der Waals surface area contributed by atoms with E-state index in [1.807, 2.05) is 0 Å². The molecule has 3 heteroatoms. The lowest BCUT2D eigenvalue weighted by Crippen LogP contribution is -2.28. The summed E-state index contributed by atoms with van der Waals surface area (Å²) < 4.78 is 4.55. The fourth-order valence-electron chi connectivity index (χ4n) is 0.417. The van der Waals surface area contributed by atoms with Crippen LogP contribution in [0.3, 0.4) is 0 Å². The predicted molar refractivity (Wildman–Crippen MR) is 29.1 cm³/mol. The monoisotopic (exact) mass is 120 g/mol. The van der Waals surface area contributed by atoms with Crippen molar-refractivity contribution >= 4 is 0 Å². The average Bonchev–Trinajstić information content (AvgIpc) is 1.21. The van der Waals surface area contributed by atoms with Gasteiger partial charge in [-0.05, 0) is 20.8 Å². The van der Waals surface area contributed by atoms with Crippen LogP contribution in [0.1, 0.15) is 20.8 Å². The van der Waals surface area contributed by atoms with Gasteiger partial charge in [0.15, 0.2) is 12.1 Å². The Morgan fingerprint density at radius 3 is 1.88 bits per heavy atom. The molecule has 0 aromatic carbocycles. The van der Waals surface area contributed by atoms with E-state index in [2.05, 4.69) is 4.74 Å². The number of aliphatic hydroxyl groups excluding tert-OH is 1. The summed E-state index contributed by atoms with van der Waals surface area (Å²) in [5.74, 6) is -1.23. The van der Waals surface area contributed by atoms with E-state index < -0.39 is 12.1 Å². The first-order valence-corrected chi connectivity index (χ1v) is 2.50. The average molecular weight is 120 g/mol. The fourth-order valence-corrected chi connectivity index (χ4v) is 0.417. The Balaban J connectivity index is 3.39. The van der Waals surface area contributed by atoms with Gasteiger partial charge in [0.1, 0.15) is 0 Å². The zero-order valence-corrected chi connectivity index (χ0v) is 5.38. The first-order chi connectivity index (χ1) is 3.42. The molecule has 50 valence electrons. The summed E-state index contributed by atoms with van der Waals surface area (Å²) in [6.07, 6.45) is -0.907. The lowest BCUT2D eigenvalue weighted by molar-refractivity contribution is -0.253. The van der Waals surface area contributed by atoms with Crippen molar-refractivity contribution in [3.05, 3.63) is 0 Å². The minimum absolute atomic E-state index is 0.907. The highest BCUT2D eigenvalue weighted by Gasteiger charge is 2.14. The third kappa shape index (κ3) is 5.88. The van der Waals surface area contributed by atoms with Crippen LogP contribution in [0.25, 0.3) is 0 Å². The Kier molecular flexibility index (Phi) is 2.40. The number of ether oxygens (including phenoxy) is 1. The number of rotatable bonds is 2. The van der Waals surface area contributed by atoms with Crippen molar-refractivity contribution in [3.63, 3.8) is 0 Å². The standard InChI is InChI=1S/C5H12O3/c1-4(6)8-5(2,3)7/h4,6-7H,1-3H3. The maximum atomic E-state index is 8.81. The Labute approximate surface area is 48.9 Å². The normalized spacial score (nSPS) is 16.1. The second-order valence-electron chi connectivity index (χ2n) is 2.16. The molecule has 2 N–H and O–H groups in total. The second kappa shape index (κ2) is 2.44. The van der Waals surface area contributed by atoms with Crippen LogP contribution in [0.5, 0.6) is 0 Å². The smallest absolute Gasteiger partial charge is 0.162 e. The molecule has 0 aromatic heterocycles. The molecule has 0 aliphatic heterocycles. The van der Waals surface area contributed by atoms with E-state index in [1.165, 1.54) is 20.8 Å². The Hall–Kier alpha value is -0.120. The van der Waals surface area contributed by atoms with Gasteiger partial charge in [-0.1, -0.05) is 0 Å². The molecule has 0 amide bonds. The predicted octanol–water partition coefficient (Wildman–Crippen LogP) is 0.0697. The van der Waals surface area contributed by atoms with E-state index in [0.717, 1.165) is 0 Å². The molecule has 1 atom stereocenters. The minimum Gasteiger partial charge on any atom is -0.368 e. The Morgan fingerprint density at radius 1 is 1.50 bits per heavy atom. The van der Waals surface area contributed by atoms with Crippen LogP contribution in [0.2, 0.25) is 0 Å². The van der Waals surface area contributed by atoms with E-state index in [0.29, 0.717) is 0 Å². The zero-order chi connectivity index (χ0) is 6.78. The highest BCUT2D eigenvalue weighted by Crippen LogP contribution is 2.04. The van der Waals surface area contributed by atoms with Crippen molar-refractivity contribution < 1.29 is 14.9 Å². The lowest BCUT2D eigenvalue weighted by atomic mass is 10.4. The molecule has 0 fully saturated rings. The van der Waals surface area contributed by atoms with Crippen LogP contribution < -0.4 is 0 Å². The van der Waals surface area contributed by atoms with Crippen LogP contribution >= 0.6 is 0 Å². The molecule has 0 saturated heterocycles. The molecule has 0 aliphatic rings. The zero-order valence-electron chi connectivity index (χ0n) is 5.38. The van der Waals surface area contributed by atoms with Gasteiger partial charge in [0.05, 0.1) is 0 Å². The van der Waals surface area contributed by atoms with E-state index in [4.69, 9.17) is 10.2 Å². The van der Waals surface area contributed by atoms with E-state index >= 15 is 0 Å². The van der Waals surface area contributed by atoms with Crippen molar-refractivity contribution in [3.8, 4) is 0 Å². The van der Waals surface area contributed by atoms with E-state index in [9.17, 15) is 0 Å². The topological polar surface area (TPSA) is 49.7 Å². The molecule has 3 nitrogen and oxygen atoms in total. The first kappa shape index (κ1) is 7.88. The molecule has 0 saturated carbocycles. The van der Waals surface area contributed by atoms with Crippen molar-refractivity contribution in [1.82, 2.24) is 0 Å². The quantitative estimate of drug-likeness (QED) is 0.507. The largest absolute Gasteiger partial charge is 0.368 e. The van der Waals surface area contributed by atoms with Gasteiger partial charge in [-0.15, -0.1) is 0 Å². The molecule has 8 heavy (non-hydrogen) atoms. The van der Waals surface area contributed by atoms with Gasteiger partial charge in [0, 0.05) is 0 Å². The SMILES string of the molecule is CC(O)OC(C)(C)O. The van der Waals surface area contributed by atoms with E-state index in [1.54, 1.807) is 0 Å². The van der Waals surface area contributed by atoms with Crippen LogP contribution in [0.4, 0.5) is 0 Å². The summed E-state index contributed by atoms with van der Waals surface area (Å²) in [6.45, 7) is 4.36. The minimum atomic E-state index is -1.23. The molecular formula is C5H12O3. The molecular weight excluding hydrogens is 108 g/mol. The number of hydrogen-bond acceptors (Lipinski definition) is 3. The van der Waals surface area contributed by atoms with Crippen LogP contribution in [-0.2, 0) is 4.74 Å². The molecule has 0 spiro atoms. The van der Waals surface area contributed by atoms with Crippen molar-refractivity contribution in [1.29, 1.82) is 0 Å². The fraction of sp³-hybridized carbons (Fsp3) is 1.00. The molecule has 1 unspecified atom stereocenters. The van der Waals surface area contributed by atoms with Crippen molar-refractivity contribution in [2.24, 2.45) is 0 Å². The van der Waals surface area contributed by atoms with Crippen LogP contribution in [0, 0.1) is 0 Å². The van der Waals surface area contributed by atoms with Gasteiger partial charge in [-0.2, -0.15) is 0 Å². The van der Waals surface area contributed by atoms with Crippen molar-refractivity contribution in [2.45, 2.75) is 32.8 Å².